The zero-order valence-corrected chi connectivity index (χ0v) is 32.1. The third-order valence-corrected chi connectivity index (χ3v) is 13.2. The summed E-state index contributed by atoms with van der Waals surface area (Å²) < 4.78 is 2.63. The lowest BCUT2D eigenvalue weighted by Gasteiger charge is -2.35. The van der Waals surface area contributed by atoms with Gasteiger partial charge >= 0.3 is 0 Å². The highest BCUT2D eigenvalue weighted by atomic mass is 32.1. The molecule has 2 aliphatic rings. The van der Waals surface area contributed by atoms with Crippen LogP contribution in [-0.2, 0) is 5.41 Å². The number of hydrogen-bond donors (Lipinski definition) is 0. The standard InChI is InChI=1S/C54H33N3S/c1-2-12-38(13-3-1)53-56-47(37-25-20-34(21-26-37)40-14-10-30-55-33-40)32-48(57-53)39-27-24-36-23-22-35-11-4-7-17-43(35)54(46(36)31-39)44-18-8-5-15-41(44)51-45(54)28-29-50-52(51)42-16-6-9-19-49(42)58-50/h1-33H. The predicted octanol–water partition coefficient (Wildman–Crippen LogP) is 13.8. The molecule has 270 valence electrons. The fourth-order valence-corrected chi connectivity index (χ4v) is 10.6. The topological polar surface area (TPSA) is 38.7 Å². The molecular weight excluding hydrogens is 723 g/mol. The lowest BCUT2D eigenvalue weighted by Crippen LogP contribution is -2.30. The van der Waals surface area contributed by atoms with Gasteiger partial charge in [-0.05, 0) is 86.0 Å². The first-order valence-electron chi connectivity index (χ1n) is 19.7. The van der Waals surface area contributed by atoms with E-state index in [1.54, 1.807) is 6.20 Å². The number of pyridine rings is 1. The fourth-order valence-electron chi connectivity index (χ4n) is 9.48. The normalized spacial score (nSPS) is 14.9. The van der Waals surface area contributed by atoms with Gasteiger partial charge in [-0.25, -0.2) is 9.97 Å². The average molecular weight is 756 g/mol. The molecule has 0 amide bonds. The van der Waals surface area contributed by atoms with Crippen LogP contribution in [0.3, 0.4) is 0 Å². The molecule has 3 aromatic heterocycles. The first kappa shape index (κ1) is 32.9. The molecule has 0 aliphatic heterocycles. The van der Waals surface area contributed by atoms with E-state index in [1.165, 1.54) is 64.7 Å². The maximum Gasteiger partial charge on any atom is 0.160 e. The van der Waals surface area contributed by atoms with E-state index in [2.05, 4.69) is 169 Å². The molecule has 2 aliphatic carbocycles. The van der Waals surface area contributed by atoms with E-state index < -0.39 is 5.41 Å². The Balaban J connectivity index is 1.12. The summed E-state index contributed by atoms with van der Waals surface area (Å²) >= 11 is 1.88. The maximum atomic E-state index is 5.32. The Morgan fingerprint density at radius 2 is 1.12 bits per heavy atom. The molecule has 3 nitrogen and oxygen atoms in total. The predicted molar refractivity (Wildman–Crippen MR) is 241 cm³/mol. The van der Waals surface area contributed by atoms with E-state index in [-0.39, 0.29) is 0 Å². The zero-order valence-electron chi connectivity index (χ0n) is 31.3. The highest BCUT2D eigenvalue weighted by Crippen LogP contribution is 2.61. The summed E-state index contributed by atoms with van der Waals surface area (Å²) in [6.07, 6.45) is 8.30. The second-order valence-electron chi connectivity index (χ2n) is 15.1. The third-order valence-electron chi connectivity index (χ3n) is 12.0. The van der Waals surface area contributed by atoms with Gasteiger partial charge in [0.25, 0.3) is 0 Å². The lowest BCUT2D eigenvalue weighted by molar-refractivity contribution is 0.767. The van der Waals surface area contributed by atoms with Gasteiger partial charge in [0, 0.05) is 49.3 Å². The van der Waals surface area contributed by atoms with Gasteiger partial charge in [-0.2, -0.15) is 0 Å². The molecule has 1 spiro atoms. The van der Waals surface area contributed by atoms with Gasteiger partial charge in [0.05, 0.1) is 16.8 Å². The van der Waals surface area contributed by atoms with Crippen LogP contribution in [0.25, 0.3) is 88.5 Å². The monoisotopic (exact) mass is 755 g/mol. The maximum absolute atomic E-state index is 5.32. The van der Waals surface area contributed by atoms with Crippen molar-refractivity contribution in [1.29, 1.82) is 0 Å². The second kappa shape index (κ2) is 12.9. The molecule has 1 atom stereocenters. The van der Waals surface area contributed by atoms with Gasteiger partial charge < -0.3 is 0 Å². The van der Waals surface area contributed by atoms with Gasteiger partial charge in [0.2, 0.25) is 0 Å². The molecule has 0 saturated carbocycles. The minimum atomic E-state index is -0.575. The van der Waals surface area contributed by atoms with E-state index in [0.717, 1.165) is 39.2 Å². The zero-order chi connectivity index (χ0) is 38.2. The quantitative estimate of drug-likeness (QED) is 0.180. The van der Waals surface area contributed by atoms with Crippen molar-refractivity contribution in [1.82, 2.24) is 15.0 Å². The Bertz CT molecular complexity index is 3270. The molecule has 0 bridgehead atoms. The molecule has 0 saturated heterocycles. The van der Waals surface area contributed by atoms with Crippen molar-refractivity contribution in [2.24, 2.45) is 0 Å². The van der Waals surface area contributed by atoms with Crippen molar-refractivity contribution in [3.8, 4) is 56.2 Å². The molecule has 0 N–H and O–H groups in total. The number of rotatable bonds is 4. The molecular formula is C54H33N3S. The van der Waals surface area contributed by atoms with Crippen molar-refractivity contribution in [2.75, 3.05) is 0 Å². The van der Waals surface area contributed by atoms with Crippen molar-refractivity contribution < 1.29 is 0 Å². The molecule has 7 aromatic carbocycles. The third kappa shape index (κ3) is 4.89. The smallest absolute Gasteiger partial charge is 0.160 e. The van der Waals surface area contributed by atoms with Gasteiger partial charge in [0.1, 0.15) is 0 Å². The fraction of sp³-hybridized carbons (Fsp3) is 0.0185. The summed E-state index contributed by atoms with van der Waals surface area (Å²) in [6.45, 7) is 0. The molecule has 4 heteroatoms. The Hall–Kier alpha value is -7.27. The van der Waals surface area contributed by atoms with Crippen LogP contribution in [0.4, 0.5) is 0 Å². The Morgan fingerprint density at radius 3 is 1.97 bits per heavy atom. The first-order chi connectivity index (χ1) is 28.7. The summed E-state index contributed by atoms with van der Waals surface area (Å²) in [5.74, 6) is 0.697. The van der Waals surface area contributed by atoms with Gasteiger partial charge in [0.15, 0.2) is 5.82 Å². The van der Waals surface area contributed by atoms with Crippen molar-refractivity contribution in [2.45, 2.75) is 5.41 Å². The minimum Gasteiger partial charge on any atom is -0.264 e. The first-order valence-corrected chi connectivity index (χ1v) is 20.5. The van der Waals surface area contributed by atoms with Crippen LogP contribution in [0.1, 0.15) is 33.4 Å². The molecule has 3 heterocycles. The summed E-state index contributed by atoms with van der Waals surface area (Å²) in [7, 11) is 0. The van der Waals surface area contributed by atoms with Crippen LogP contribution in [-0.4, -0.2) is 15.0 Å². The van der Waals surface area contributed by atoms with Crippen LogP contribution in [0, 0.1) is 0 Å². The number of benzene rings is 7. The molecule has 0 radical (unpaired) electrons. The van der Waals surface area contributed by atoms with Crippen LogP contribution >= 0.6 is 11.3 Å². The summed E-state index contributed by atoms with van der Waals surface area (Å²) in [6, 6.07) is 63.8. The number of aromatic nitrogens is 3. The van der Waals surface area contributed by atoms with Crippen LogP contribution in [0.5, 0.6) is 0 Å². The SMILES string of the molecule is C1=Cc2ccc(-c3cc(-c4ccc(-c5cccnc5)cc4)nc(-c4ccccc4)n3)cc2C2(c3ccccc31)c1ccccc1-c1c2ccc2sc3ccccc3c12. The minimum absolute atomic E-state index is 0.575. The van der Waals surface area contributed by atoms with Gasteiger partial charge in [-0.3, -0.25) is 4.98 Å². The second-order valence-corrected chi connectivity index (χ2v) is 16.2. The summed E-state index contributed by atoms with van der Waals surface area (Å²) in [4.78, 5) is 14.8. The van der Waals surface area contributed by atoms with E-state index in [9.17, 15) is 0 Å². The highest BCUT2D eigenvalue weighted by Gasteiger charge is 2.49. The molecule has 0 fully saturated rings. The number of nitrogens with zero attached hydrogens (tertiary/aromatic N) is 3. The largest absolute Gasteiger partial charge is 0.264 e. The Kier molecular flexibility index (Phi) is 7.31. The van der Waals surface area contributed by atoms with Crippen molar-refractivity contribution in [3.05, 3.63) is 222 Å². The van der Waals surface area contributed by atoms with E-state index in [1.807, 2.05) is 41.8 Å². The lowest BCUT2D eigenvalue weighted by atomic mass is 9.65. The van der Waals surface area contributed by atoms with E-state index in [4.69, 9.17) is 9.97 Å². The van der Waals surface area contributed by atoms with Crippen LogP contribution in [0.15, 0.2) is 188 Å². The molecule has 10 aromatic rings. The number of thiophene rings is 1. The van der Waals surface area contributed by atoms with Crippen LogP contribution < -0.4 is 0 Å². The molecule has 58 heavy (non-hydrogen) atoms. The van der Waals surface area contributed by atoms with Gasteiger partial charge in [-0.1, -0.05) is 158 Å². The summed E-state index contributed by atoms with van der Waals surface area (Å²) in [5, 5.41) is 2.66. The van der Waals surface area contributed by atoms with Gasteiger partial charge in [-0.15, -0.1) is 11.3 Å². The molecule has 1 unspecified atom stereocenters. The van der Waals surface area contributed by atoms with Crippen molar-refractivity contribution >= 4 is 43.7 Å². The van der Waals surface area contributed by atoms with Crippen molar-refractivity contribution in [3.63, 3.8) is 0 Å². The van der Waals surface area contributed by atoms with E-state index in [0.29, 0.717) is 5.82 Å². The number of hydrogen-bond acceptors (Lipinski definition) is 4. The summed E-state index contributed by atoms with van der Waals surface area (Å²) in [5.41, 5.74) is 16.7. The van der Waals surface area contributed by atoms with Crippen LogP contribution in [0.2, 0.25) is 0 Å². The Morgan fingerprint density at radius 1 is 0.431 bits per heavy atom. The Labute approximate surface area is 340 Å². The highest BCUT2D eigenvalue weighted by molar-refractivity contribution is 7.26. The van der Waals surface area contributed by atoms with E-state index >= 15 is 0 Å². The average Bonchev–Trinajstić information content (AvgIpc) is 3.77. The molecule has 12 rings (SSSR count). The number of fused-ring (bicyclic) bond motifs is 13.